The number of rotatable bonds is 6. The van der Waals surface area contributed by atoms with E-state index in [9.17, 15) is 0 Å². The van der Waals surface area contributed by atoms with Crippen molar-refractivity contribution in [2.24, 2.45) is 47.3 Å². The molecule has 4 aliphatic heterocycles. The van der Waals surface area contributed by atoms with Crippen LogP contribution in [0.2, 0.25) is 0 Å². The van der Waals surface area contributed by atoms with Gasteiger partial charge in [-0.25, -0.2) is 0 Å². The van der Waals surface area contributed by atoms with Crippen LogP contribution in [0.15, 0.2) is 0 Å². The van der Waals surface area contributed by atoms with E-state index < -0.39 is 0 Å². The zero-order chi connectivity index (χ0) is 52.5. The third-order valence-corrected chi connectivity index (χ3v) is 14.2. The summed E-state index contributed by atoms with van der Waals surface area (Å²) in [6.45, 7) is 62.4. The van der Waals surface area contributed by atoms with Gasteiger partial charge in [-0.1, -0.05) is 210 Å². The van der Waals surface area contributed by atoms with E-state index in [1.807, 2.05) is 83.1 Å². The van der Waals surface area contributed by atoms with Gasteiger partial charge in [0.05, 0.1) is 0 Å². The summed E-state index contributed by atoms with van der Waals surface area (Å²) >= 11 is 0. The van der Waals surface area contributed by atoms with Crippen molar-refractivity contribution in [2.45, 2.75) is 301 Å². The molecule has 4 nitrogen and oxygen atoms in total. The minimum absolute atomic E-state index is 0. The summed E-state index contributed by atoms with van der Waals surface area (Å²) < 4.78 is 0. The quantitative estimate of drug-likeness (QED) is 0.263. The molecule has 0 bridgehead atoms. The fourth-order valence-electron chi connectivity index (χ4n) is 9.56. The van der Waals surface area contributed by atoms with Gasteiger partial charge in [-0.05, 0) is 186 Å². The van der Waals surface area contributed by atoms with E-state index >= 15 is 0 Å². The maximum absolute atomic E-state index is 2.56. The fourth-order valence-corrected chi connectivity index (χ4v) is 9.56. The summed E-state index contributed by atoms with van der Waals surface area (Å²) in [4.78, 5) is 9.97. The van der Waals surface area contributed by atoms with Crippen LogP contribution in [0, 0.1) is 47.3 Å². The summed E-state index contributed by atoms with van der Waals surface area (Å²) in [6.07, 6.45) is 26.2. The molecule has 0 N–H and O–H groups in total. The van der Waals surface area contributed by atoms with E-state index in [0.717, 1.165) is 59.4 Å². The third-order valence-electron chi connectivity index (χ3n) is 14.2. The number of nitrogens with zero attached hydrogens (tertiary/aromatic N) is 4. The first-order valence-electron chi connectivity index (χ1n) is 30.5. The second-order valence-electron chi connectivity index (χ2n) is 20.8. The van der Waals surface area contributed by atoms with Gasteiger partial charge in [0.2, 0.25) is 0 Å². The van der Waals surface area contributed by atoms with Crippen molar-refractivity contribution in [1.29, 1.82) is 0 Å². The Morgan fingerprint density at radius 3 is 0.761 bits per heavy atom. The summed E-state index contributed by atoms with van der Waals surface area (Å²) in [5.41, 5.74) is 0. The molecule has 4 heterocycles. The highest BCUT2D eigenvalue weighted by molar-refractivity contribution is 4.74. The molecule has 2 saturated carbocycles. The molecular weight excluding hydrogens is 813 g/mol. The fraction of sp³-hybridized carbons (Fsp3) is 1.00. The number of hydrogen-bond donors (Lipinski definition) is 0. The van der Waals surface area contributed by atoms with Gasteiger partial charge in [-0.15, -0.1) is 0 Å². The van der Waals surface area contributed by atoms with Crippen molar-refractivity contribution in [1.82, 2.24) is 19.6 Å². The normalized spacial score (nSPS) is 20.1. The molecule has 6 rings (SSSR count). The molecule has 6 fully saturated rings. The van der Waals surface area contributed by atoms with E-state index in [4.69, 9.17) is 0 Å². The Morgan fingerprint density at radius 2 is 0.522 bits per heavy atom. The van der Waals surface area contributed by atoms with Crippen LogP contribution < -0.4 is 0 Å². The van der Waals surface area contributed by atoms with E-state index in [2.05, 4.69) is 117 Å². The van der Waals surface area contributed by atoms with Crippen LogP contribution in [-0.2, 0) is 0 Å². The molecule has 1 unspecified atom stereocenters. The Balaban J connectivity index is -0.000000123. The lowest BCUT2D eigenvalue weighted by Gasteiger charge is -2.31. The first-order chi connectivity index (χ1) is 31.6. The van der Waals surface area contributed by atoms with Gasteiger partial charge in [-0.2, -0.15) is 0 Å². The van der Waals surface area contributed by atoms with Gasteiger partial charge >= 0.3 is 0 Å². The van der Waals surface area contributed by atoms with Gasteiger partial charge in [0.1, 0.15) is 0 Å². The molecule has 0 radical (unpaired) electrons. The predicted octanol–water partition coefficient (Wildman–Crippen LogP) is 20.2. The maximum atomic E-state index is 2.56. The van der Waals surface area contributed by atoms with Crippen molar-refractivity contribution >= 4 is 0 Å². The molecule has 67 heavy (non-hydrogen) atoms. The Labute approximate surface area is 432 Å². The predicted molar refractivity (Wildman–Crippen MR) is 320 cm³/mol. The SMILES string of the molecule is C.CC.CC.CC.CC.CC.CC.CC(C)C1CCCC1.CC(C)C1CCCCC1.CC(C)C1CCCN(C)C1.CC(C)C1CCN(C)CC1.CC(C)N1CCCC1.CC(C)N1CCCCC1. The minimum Gasteiger partial charge on any atom is -0.306 e. The van der Waals surface area contributed by atoms with Crippen LogP contribution in [0.5, 0.6) is 0 Å². The second-order valence-corrected chi connectivity index (χ2v) is 20.8. The van der Waals surface area contributed by atoms with Crippen molar-refractivity contribution in [3.05, 3.63) is 0 Å². The van der Waals surface area contributed by atoms with Crippen LogP contribution in [0.25, 0.3) is 0 Å². The summed E-state index contributed by atoms with van der Waals surface area (Å²) in [5, 5.41) is 0. The van der Waals surface area contributed by atoms with Crippen molar-refractivity contribution < 1.29 is 0 Å². The van der Waals surface area contributed by atoms with E-state index in [1.165, 1.54) is 168 Å². The van der Waals surface area contributed by atoms with Crippen LogP contribution in [0.3, 0.4) is 0 Å². The van der Waals surface area contributed by atoms with Gasteiger partial charge in [0, 0.05) is 18.6 Å². The highest BCUT2D eigenvalue weighted by Crippen LogP contribution is 2.31. The summed E-state index contributed by atoms with van der Waals surface area (Å²) in [7, 11) is 4.45. The third kappa shape index (κ3) is 49.2. The van der Waals surface area contributed by atoms with Crippen molar-refractivity contribution in [2.75, 3.05) is 66.5 Å². The molecule has 0 spiro atoms. The van der Waals surface area contributed by atoms with E-state index in [1.54, 1.807) is 0 Å². The van der Waals surface area contributed by atoms with Crippen LogP contribution >= 0.6 is 0 Å². The molecule has 4 saturated heterocycles. The molecule has 0 aromatic heterocycles. The van der Waals surface area contributed by atoms with Gasteiger partial charge < -0.3 is 19.6 Å². The van der Waals surface area contributed by atoms with Crippen LogP contribution in [-0.4, -0.2) is 98.1 Å². The molecule has 416 valence electrons. The van der Waals surface area contributed by atoms with E-state index in [-0.39, 0.29) is 7.43 Å². The average molecular weight is 958 g/mol. The van der Waals surface area contributed by atoms with Crippen LogP contribution in [0.1, 0.15) is 289 Å². The molecule has 0 aromatic rings. The van der Waals surface area contributed by atoms with Gasteiger partial charge in [0.15, 0.2) is 0 Å². The van der Waals surface area contributed by atoms with Crippen molar-refractivity contribution in [3.8, 4) is 0 Å². The Morgan fingerprint density at radius 1 is 0.269 bits per heavy atom. The molecule has 2 aliphatic carbocycles. The molecule has 6 aliphatic rings. The van der Waals surface area contributed by atoms with E-state index in [0.29, 0.717) is 0 Å². The van der Waals surface area contributed by atoms with Crippen LogP contribution in [0.4, 0.5) is 0 Å². The topological polar surface area (TPSA) is 13.0 Å². The maximum Gasteiger partial charge on any atom is 0.00385 e. The molecule has 1 atom stereocenters. The lowest BCUT2D eigenvalue weighted by molar-refractivity contribution is 0.173. The Bertz CT molecular complexity index is 764. The molecular formula is C63H144N4. The first-order valence-corrected chi connectivity index (χ1v) is 30.5. The molecule has 4 heteroatoms. The smallest absolute Gasteiger partial charge is 0.00385 e. The lowest BCUT2D eigenvalue weighted by atomic mass is 9.82. The average Bonchev–Trinajstić information content (AvgIpc) is 4.12. The highest BCUT2D eigenvalue weighted by Gasteiger charge is 2.21. The summed E-state index contributed by atoms with van der Waals surface area (Å²) in [5.74, 6) is 7.72. The Kier molecular flexibility index (Phi) is 72.6. The zero-order valence-electron chi connectivity index (χ0n) is 51.9. The summed E-state index contributed by atoms with van der Waals surface area (Å²) in [6, 6.07) is 1.54. The van der Waals surface area contributed by atoms with Gasteiger partial charge in [0.25, 0.3) is 0 Å². The lowest BCUT2D eigenvalue weighted by Crippen LogP contribution is -2.35. The standard InChI is InChI=1S/2C9H19N.C9H18.C8H17N.C8H16.C7H15N.6C2H6.CH4/c1-8(2)9-4-6-10(3)7-5-9;1-8(2)9-5-4-6-10(3)7-9;2*1-8(2)9-6-4-3-5-7-9;2*1-7(2)8-5-3-4-6-8;6*1-2;/h2*8-9H,4-7H2,1-3H3;8-9H,3-7H2,1-2H3;8H,3-7H2,1-2H3;7-8H,3-6H2,1-2H3;7H,3-6H2,1-2H3;6*1-2H3;1H4. The monoisotopic (exact) mass is 957 g/mol. The first kappa shape index (κ1) is 80.9. The number of piperidine rings is 3. The Hall–Kier alpha value is -0.160. The largest absolute Gasteiger partial charge is 0.306 e. The zero-order valence-corrected chi connectivity index (χ0v) is 51.9. The van der Waals surface area contributed by atoms with Crippen molar-refractivity contribution in [3.63, 3.8) is 0 Å². The minimum atomic E-state index is 0. The second kappa shape index (κ2) is 60.1. The highest BCUT2D eigenvalue weighted by atomic mass is 15.2. The number of likely N-dealkylation sites (tertiary alicyclic amines) is 4. The molecule has 0 aromatic carbocycles. The number of hydrogen-bond acceptors (Lipinski definition) is 4. The van der Waals surface area contributed by atoms with Gasteiger partial charge in [-0.3, -0.25) is 0 Å². The molecule has 0 amide bonds.